The maximum Gasteiger partial charge on any atom is 0.226 e. The van der Waals surface area contributed by atoms with Crippen molar-refractivity contribution in [3.05, 3.63) is 29.3 Å². The van der Waals surface area contributed by atoms with Crippen molar-refractivity contribution in [2.24, 2.45) is 11.1 Å². The normalized spacial score (nSPS) is 11.2. The number of carbonyl (C=O) groups excluding carboxylic acids is 1. The molecule has 0 fully saturated rings. The molecule has 19 heavy (non-hydrogen) atoms. The van der Waals surface area contributed by atoms with Gasteiger partial charge in [0.25, 0.3) is 0 Å². The van der Waals surface area contributed by atoms with Gasteiger partial charge < -0.3 is 15.8 Å². The second kappa shape index (κ2) is 6.57. The number of hydrogen-bond acceptors (Lipinski definition) is 3. The Labute approximate surface area is 115 Å². The van der Waals surface area contributed by atoms with Gasteiger partial charge in [-0.3, -0.25) is 4.79 Å². The van der Waals surface area contributed by atoms with Gasteiger partial charge in [0.2, 0.25) is 5.91 Å². The predicted octanol–water partition coefficient (Wildman–Crippen LogP) is 1.65. The number of carbonyl (C=O) groups is 1. The van der Waals surface area contributed by atoms with Crippen LogP contribution in [0.25, 0.3) is 0 Å². The van der Waals surface area contributed by atoms with Gasteiger partial charge in [0.05, 0.1) is 12.5 Å². The van der Waals surface area contributed by atoms with Crippen molar-refractivity contribution < 1.29 is 9.53 Å². The summed E-state index contributed by atoms with van der Waals surface area (Å²) in [6.07, 6.45) is 0.747. The molecule has 1 amide bonds. The molecule has 1 aromatic rings. The summed E-state index contributed by atoms with van der Waals surface area (Å²) in [6.45, 7) is 6.65. The van der Waals surface area contributed by atoms with E-state index in [-0.39, 0.29) is 5.91 Å². The molecule has 3 N–H and O–H groups in total. The highest BCUT2D eigenvalue weighted by molar-refractivity contribution is 5.82. The van der Waals surface area contributed by atoms with Gasteiger partial charge in [-0.1, -0.05) is 17.7 Å². The molecule has 4 heteroatoms. The molecular formula is C15H24N2O2. The molecule has 0 aliphatic carbocycles. The number of methoxy groups -OCH3 is 1. The van der Waals surface area contributed by atoms with Gasteiger partial charge in [-0.2, -0.15) is 0 Å². The van der Waals surface area contributed by atoms with Crippen LogP contribution >= 0.6 is 0 Å². The molecule has 0 aromatic heterocycles. The maximum atomic E-state index is 11.9. The number of rotatable bonds is 6. The smallest absolute Gasteiger partial charge is 0.226 e. The minimum absolute atomic E-state index is 0.0124. The Morgan fingerprint density at radius 3 is 2.68 bits per heavy atom. The summed E-state index contributed by atoms with van der Waals surface area (Å²) in [6, 6.07) is 6.05. The minimum atomic E-state index is -0.517. The molecule has 1 aromatic carbocycles. The summed E-state index contributed by atoms with van der Waals surface area (Å²) in [5, 5.41) is 2.92. The quantitative estimate of drug-likeness (QED) is 0.821. The zero-order valence-electron chi connectivity index (χ0n) is 12.2. The SMILES string of the molecule is COc1ccc(C)cc1CCNC(=O)C(C)(C)CN. The number of hydrogen-bond donors (Lipinski definition) is 2. The van der Waals surface area contributed by atoms with Crippen molar-refractivity contribution in [2.45, 2.75) is 27.2 Å². The topological polar surface area (TPSA) is 64.3 Å². The van der Waals surface area contributed by atoms with Gasteiger partial charge in [-0.15, -0.1) is 0 Å². The summed E-state index contributed by atoms with van der Waals surface area (Å²) in [7, 11) is 1.66. The molecule has 0 saturated heterocycles. The average molecular weight is 264 g/mol. The third-order valence-electron chi connectivity index (χ3n) is 3.24. The van der Waals surface area contributed by atoms with E-state index in [0.717, 1.165) is 17.7 Å². The van der Waals surface area contributed by atoms with E-state index >= 15 is 0 Å². The summed E-state index contributed by atoms with van der Waals surface area (Å²) in [5.74, 6) is 0.847. The number of nitrogens with one attached hydrogen (secondary N) is 1. The van der Waals surface area contributed by atoms with Crippen molar-refractivity contribution in [1.82, 2.24) is 5.32 Å². The lowest BCUT2D eigenvalue weighted by molar-refractivity contribution is -0.128. The minimum Gasteiger partial charge on any atom is -0.496 e. The fraction of sp³-hybridized carbons (Fsp3) is 0.533. The van der Waals surface area contributed by atoms with Crippen molar-refractivity contribution in [3.8, 4) is 5.75 Å². The lowest BCUT2D eigenvalue weighted by Crippen LogP contribution is -2.42. The van der Waals surface area contributed by atoms with Crippen LogP contribution in [0.4, 0.5) is 0 Å². The molecule has 1 rings (SSSR count). The van der Waals surface area contributed by atoms with Crippen LogP contribution in [0, 0.1) is 12.3 Å². The van der Waals surface area contributed by atoms with E-state index in [0.29, 0.717) is 13.1 Å². The highest BCUT2D eigenvalue weighted by Crippen LogP contribution is 2.20. The highest BCUT2D eigenvalue weighted by Gasteiger charge is 2.25. The van der Waals surface area contributed by atoms with Crippen LogP contribution in [0.2, 0.25) is 0 Å². The Balaban J connectivity index is 2.58. The third-order valence-corrected chi connectivity index (χ3v) is 3.24. The van der Waals surface area contributed by atoms with Crippen LogP contribution in [0.5, 0.6) is 5.75 Å². The number of ether oxygens (including phenoxy) is 1. The Kier molecular flexibility index (Phi) is 5.36. The number of aryl methyl sites for hydroxylation is 1. The van der Waals surface area contributed by atoms with E-state index in [4.69, 9.17) is 10.5 Å². The van der Waals surface area contributed by atoms with E-state index < -0.39 is 5.41 Å². The summed E-state index contributed by atoms with van der Waals surface area (Å²) in [4.78, 5) is 11.9. The maximum absolute atomic E-state index is 11.9. The fourth-order valence-electron chi connectivity index (χ4n) is 1.75. The molecule has 0 aliphatic heterocycles. The van der Waals surface area contributed by atoms with E-state index in [1.165, 1.54) is 5.56 Å². The molecule has 0 bridgehead atoms. The Hall–Kier alpha value is -1.55. The molecular weight excluding hydrogens is 240 g/mol. The fourth-order valence-corrected chi connectivity index (χ4v) is 1.75. The first-order valence-electron chi connectivity index (χ1n) is 6.52. The monoisotopic (exact) mass is 264 g/mol. The van der Waals surface area contributed by atoms with E-state index in [1.807, 2.05) is 32.9 Å². The Bertz CT molecular complexity index is 442. The first kappa shape index (κ1) is 15.5. The summed E-state index contributed by atoms with van der Waals surface area (Å²) >= 11 is 0. The predicted molar refractivity (Wildman–Crippen MR) is 77.3 cm³/mol. The van der Waals surface area contributed by atoms with Gasteiger partial charge in [-0.25, -0.2) is 0 Å². The van der Waals surface area contributed by atoms with Crippen molar-refractivity contribution in [2.75, 3.05) is 20.2 Å². The highest BCUT2D eigenvalue weighted by atomic mass is 16.5. The lowest BCUT2D eigenvalue weighted by atomic mass is 9.92. The second-order valence-electron chi connectivity index (χ2n) is 5.41. The van der Waals surface area contributed by atoms with E-state index in [1.54, 1.807) is 7.11 Å². The van der Waals surface area contributed by atoms with Crippen molar-refractivity contribution in [3.63, 3.8) is 0 Å². The third kappa shape index (κ3) is 4.24. The van der Waals surface area contributed by atoms with Crippen molar-refractivity contribution >= 4 is 5.91 Å². The van der Waals surface area contributed by atoms with Gasteiger partial charge in [0.15, 0.2) is 0 Å². The number of nitrogens with two attached hydrogens (primary N) is 1. The van der Waals surface area contributed by atoms with Crippen LogP contribution in [-0.4, -0.2) is 26.1 Å². The molecule has 0 spiro atoms. The number of amides is 1. The zero-order valence-corrected chi connectivity index (χ0v) is 12.2. The standard InChI is InChI=1S/C15H24N2O2/c1-11-5-6-13(19-4)12(9-11)7-8-17-14(18)15(2,3)10-16/h5-6,9H,7-8,10,16H2,1-4H3,(H,17,18). The molecule has 0 radical (unpaired) electrons. The Morgan fingerprint density at radius 2 is 2.11 bits per heavy atom. The molecule has 0 saturated carbocycles. The van der Waals surface area contributed by atoms with Crippen LogP contribution in [-0.2, 0) is 11.2 Å². The largest absolute Gasteiger partial charge is 0.496 e. The zero-order chi connectivity index (χ0) is 14.5. The molecule has 106 valence electrons. The van der Waals surface area contributed by atoms with Crippen LogP contribution < -0.4 is 15.8 Å². The molecule has 0 aliphatic rings. The first-order valence-corrected chi connectivity index (χ1v) is 6.52. The van der Waals surface area contributed by atoms with Crippen LogP contribution in [0.15, 0.2) is 18.2 Å². The lowest BCUT2D eigenvalue weighted by Gasteiger charge is -2.21. The summed E-state index contributed by atoms with van der Waals surface area (Å²) < 4.78 is 5.31. The van der Waals surface area contributed by atoms with Gasteiger partial charge in [0.1, 0.15) is 5.75 Å². The van der Waals surface area contributed by atoms with Crippen LogP contribution in [0.1, 0.15) is 25.0 Å². The van der Waals surface area contributed by atoms with E-state index in [9.17, 15) is 4.79 Å². The first-order chi connectivity index (χ1) is 8.90. The molecule has 4 nitrogen and oxygen atoms in total. The van der Waals surface area contributed by atoms with Gasteiger partial charge in [-0.05, 0) is 38.8 Å². The molecule has 0 atom stereocenters. The van der Waals surface area contributed by atoms with Gasteiger partial charge >= 0.3 is 0 Å². The second-order valence-corrected chi connectivity index (χ2v) is 5.41. The Morgan fingerprint density at radius 1 is 1.42 bits per heavy atom. The average Bonchev–Trinajstić information content (AvgIpc) is 2.38. The van der Waals surface area contributed by atoms with Gasteiger partial charge in [0, 0.05) is 13.1 Å². The van der Waals surface area contributed by atoms with Crippen LogP contribution in [0.3, 0.4) is 0 Å². The van der Waals surface area contributed by atoms with E-state index in [2.05, 4.69) is 11.4 Å². The van der Waals surface area contributed by atoms with Crippen molar-refractivity contribution in [1.29, 1.82) is 0 Å². The number of benzene rings is 1. The summed E-state index contributed by atoms with van der Waals surface area (Å²) in [5.41, 5.74) is 7.35. The molecule has 0 heterocycles. The molecule has 0 unspecified atom stereocenters.